The Morgan fingerprint density at radius 2 is 1.43 bits per heavy atom. The van der Waals surface area contributed by atoms with E-state index in [4.69, 9.17) is 15.3 Å². The Bertz CT molecular complexity index is 424. The van der Waals surface area contributed by atoms with Crippen molar-refractivity contribution in [2.45, 2.75) is 38.7 Å². The van der Waals surface area contributed by atoms with Gasteiger partial charge in [0.15, 0.2) is 11.3 Å². The normalized spacial score (nSPS) is 13.5. The number of rotatable bonds is 5. The van der Waals surface area contributed by atoms with Crippen LogP contribution in [0.15, 0.2) is 12.3 Å². The Labute approximate surface area is 117 Å². The zero-order valence-corrected chi connectivity index (χ0v) is 11.1. The monoisotopic (exact) mass is 314 g/mol. The first-order chi connectivity index (χ1) is 9.40. The second-order valence-electron chi connectivity index (χ2n) is 4.47. The highest BCUT2D eigenvalue weighted by molar-refractivity contribution is 5.21. The average molecular weight is 314 g/mol. The Morgan fingerprint density at radius 3 is 1.71 bits per heavy atom. The molecule has 21 heavy (non-hydrogen) atoms. The van der Waals surface area contributed by atoms with Gasteiger partial charge in [0.2, 0.25) is 0 Å². The number of hydrogen-bond donors (Lipinski definition) is 0. The van der Waals surface area contributed by atoms with E-state index in [9.17, 15) is 26.3 Å². The molecule has 0 rings (SSSR count). The van der Waals surface area contributed by atoms with Gasteiger partial charge in [0.1, 0.15) is 0 Å². The first kappa shape index (κ1) is 19.1. The molecule has 0 N–H and O–H groups in total. The molecule has 0 aromatic carbocycles. The van der Waals surface area contributed by atoms with E-state index >= 15 is 0 Å². The lowest BCUT2D eigenvalue weighted by molar-refractivity contribution is -0.302. The van der Waals surface area contributed by atoms with E-state index in [-0.39, 0.29) is 6.10 Å². The molecule has 0 bridgehead atoms. The molecule has 118 valence electrons. The van der Waals surface area contributed by atoms with Crippen LogP contribution < -0.4 is 0 Å². The van der Waals surface area contributed by atoms with Gasteiger partial charge in [0, 0.05) is 6.42 Å². The summed E-state index contributed by atoms with van der Waals surface area (Å²) >= 11 is 0. The van der Waals surface area contributed by atoms with Crippen LogP contribution in [-0.2, 0) is 4.74 Å². The molecule has 3 nitrogen and oxygen atoms in total. The Balaban J connectivity index is 5.58. The average Bonchev–Trinajstić information content (AvgIpc) is 2.29. The molecule has 0 heterocycles. The molecule has 0 aromatic rings. The first-order valence-electron chi connectivity index (χ1n) is 5.67. The van der Waals surface area contributed by atoms with Gasteiger partial charge >= 0.3 is 12.4 Å². The lowest BCUT2D eigenvalue weighted by atomic mass is 9.74. The van der Waals surface area contributed by atoms with Crippen molar-refractivity contribution in [3.8, 4) is 12.1 Å². The third-order valence-corrected chi connectivity index (χ3v) is 2.43. The van der Waals surface area contributed by atoms with Crippen LogP contribution in [0.3, 0.4) is 0 Å². The summed E-state index contributed by atoms with van der Waals surface area (Å²) in [5, 5.41) is 17.5. The molecule has 0 atom stereocenters. The Morgan fingerprint density at radius 1 is 1.00 bits per heavy atom. The first-order valence-corrected chi connectivity index (χ1v) is 5.67. The standard InChI is InChI=1S/C12H12F6N2O/c1-8(2)21-5-3-4-10(6-19,7-20)9(11(13,14)15)12(16,17)18/h3,5,8-9H,4H2,1-2H3/b5-3-. The predicted octanol–water partition coefficient (Wildman–Crippen LogP) is 4.09. The number of nitrogens with zero attached hydrogens (tertiary/aromatic N) is 2. The maximum absolute atomic E-state index is 12.6. The Kier molecular flexibility index (Phi) is 6.10. The van der Waals surface area contributed by atoms with E-state index in [0.717, 1.165) is 24.5 Å². The van der Waals surface area contributed by atoms with Crippen molar-refractivity contribution >= 4 is 0 Å². The minimum atomic E-state index is -5.77. The molecule has 0 aromatic heterocycles. The van der Waals surface area contributed by atoms with Crippen molar-refractivity contribution in [2.24, 2.45) is 11.3 Å². The summed E-state index contributed by atoms with van der Waals surface area (Å²) in [4.78, 5) is 0. The number of hydrogen-bond acceptors (Lipinski definition) is 3. The number of allylic oxidation sites excluding steroid dienone is 1. The fourth-order valence-corrected chi connectivity index (χ4v) is 1.55. The van der Waals surface area contributed by atoms with Crippen LogP contribution in [0.2, 0.25) is 0 Å². The number of alkyl halides is 6. The number of ether oxygens (including phenoxy) is 1. The van der Waals surface area contributed by atoms with Gasteiger partial charge in [-0.1, -0.05) is 0 Å². The summed E-state index contributed by atoms with van der Waals surface area (Å²) in [5.74, 6) is -4.06. The Hall–Kier alpha value is -1.90. The molecule has 0 aliphatic heterocycles. The summed E-state index contributed by atoms with van der Waals surface area (Å²) in [6.45, 7) is 3.17. The molecular formula is C12H12F6N2O. The van der Waals surface area contributed by atoms with Crippen molar-refractivity contribution in [1.29, 1.82) is 10.5 Å². The lowest BCUT2D eigenvalue weighted by Crippen LogP contribution is -2.47. The van der Waals surface area contributed by atoms with Gasteiger partial charge in [-0.2, -0.15) is 36.9 Å². The van der Waals surface area contributed by atoms with E-state index < -0.39 is 30.1 Å². The van der Waals surface area contributed by atoms with E-state index in [1.54, 1.807) is 13.8 Å². The highest BCUT2D eigenvalue weighted by Gasteiger charge is 2.67. The smallest absolute Gasteiger partial charge is 0.403 e. The van der Waals surface area contributed by atoms with E-state index in [2.05, 4.69) is 0 Å². The van der Waals surface area contributed by atoms with Crippen LogP contribution in [0.25, 0.3) is 0 Å². The third kappa shape index (κ3) is 5.18. The SMILES string of the molecule is CC(C)O/C=C\CC(C#N)(C#N)C(C(F)(F)F)C(F)(F)F. The molecule has 0 aliphatic rings. The fraction of sp³-hybridized carbons (Fsp3) is 0.667. The maximum Gasteiger partial charge on any atom is 0.403 e. The van der Waals surface area contributed by atoms with Crippen LogP contribution in [0.5, 0.6) is 0 Å². The van der Waals surface area contributed by atoms with E-state index in [1.165, 1.54) is 0 Å². The molecule has 0 spiro atoms. The molecule has 0 radical (unpaired) electrons. The van der Waals surface area contributed by atoms with Gasteiger partial charge in [-0.15, -0.1) is 0 Å². The lowest BCUT2D eigenvalue weighted by Gasteiger charge is -2.31. The third-order valence-electron chi connectivity index (χ3n) is 2.43. The van der Waals surface area contributed by atoms with Gasteiger partial charge in [-0.3, -0.25) is 0 Å². The minimum Gasteiger partial charge on any atom is -0.499 e. The van der Waals surface area contributed by atoms with Gasteiger partial charge < -0.3 is 4.74 Å². The predicted molar refractivity (Wildman–Crippen MR) is 59.2 cm³/mol. The van der Waals surface area contributed by atoms with Crippen LogP contribution in [0.1, 0.15) is 20.3 Å². The zero-order valence-electron chi connectivity index (χ0n) is 11.1. The summed E-state index contributed by atoms with van der Waals surface area (Å²) in [5.41, 5.74) is -3.30. The second-order valence-corrected chi connectivity index (χ2v) is 4.47. The molecular weight excluding hydrogens is 302 g/mol. The summed E-state index contributed by atoms with van der Waals surface area (Å²) in [6, 6.07) is 1.72. The largest absolute Gasteiger partial charge is 0.499 e. The minimum absolute atomic E-state index is 0.346. The van der Waals surface area contributed by atoms with Gasteiger partial charge in [0.25, 0.3) is 0 Å². The van der Waals surface area contributed by atoms with Crippen molar-refractivity contribution in [1.82, 2.24) is 0 Å². The van der Waals surface area contributed by atoms with Crippen molar-refractivity contribution in [2.75, 3.05) is 0 Å². The van der Waals surface area contributed by atoms with Gasteiger partial charge in [-0.25, -0.2) is 0 Å². The van der Waals surface area contributed by atoms with Crippen LogP contribution in [0.4, 0.5) is 26.3 Å². The molecule has 0 saturated heterocycles. The van der Waals surface area contributed by atoms with E-state index in [0.29, 0.717) is 0 Å². The quantitative estimate of drug-likeness (QED) is 0.567. The second kappa shape index (κ2) is 6.70. The van der Waals surface area contributed by atoms with Crippen molar-refractivity contribution < 1.29 is 31.1 Å². The number of nitriles is 2. The van der Waals surface area contributed by atoms with Gasteiger partial charge in [-0.05, 0) is 19.9 Å². The molecule has 0 saturated carbocycles. The zero-order chi connectivity index (χ0) is 16.9. The summed E-state index contributed by atoms with van der Waals surface area (Å²) in [7, 11) is 0. The van der Waals surface area contributed by atoms with Crippen LogP contribution in [-0.4, -0.2) is 18.5 Å². The summed E-state index contributed by atoms with van der Waals surface area (Å²) < 4.78 is 80.7. The van der Waals surface area contributed by atoms with Crippen LogP contribution in [0, 0.1) is 34.0 Å². The summed E-state index contributed by atoms with van der Waals surface area (Å²) in [6.07, 6.45) is -11.3. The number of halogens is 6. The molecule has 9 heteroatoms. The fourth-order valence-electron chi connectivity index (χ4n) is 1.55. The topological polar surface area (TPSA) is 56.8 Å². The van der Waals surface area contributed by atoms with E-state index in [1.807, 2.05) is 0 Å². The molecule has 0 amide bonds. The molecule has 0 aliphatic carbocycles. The maximum atomic E-state index is 12.6. The molecule has 0 fully saturated rings. The highest BCUT2D eigenvalue weighted by Crippen LogP contribution is 2.50. The highest BCUT2D eigenvalue weighted by atomic mass is 19.4. The van der Waals surface area contributed by atoms with Crippen molar-refractivity contribution in [3.05, 3.63) is 12.3 Å². The molecule has 0 unspecified atom stereocenters. The van der Waals surface area contributed by atoms with Gasteiger partial charge in [0.05, 0.1) is 24.5 Å². The van der Waals surface area contributed by atoms with Crippen LogP contribution >= 0.6 is 0 Å². The van der Waals surface area contributed by atoms with Crippen molar-refractivity contribution in [3.63, 3.8) is 0 Å².